The molecule has 9 heteroatoms. The number of fused-ring (bicyclic) bond motifs is 1. The molecule has 1 amide bonds. The lowest BCUT2D eigenvalue weighted by atomic mass is 9.97. The van der Waals surface area contributed by atoms with Gasteiger partial charge in [0.05, 0.1) is 24.9 Å². The molecule has 0 unspecified atom stereocenters. The van der Waals surface area contributed by atoms with E-state index in [9.17, 15) is 9.18 Å². The summed E-state index contributed by atoms with van der Waals surface area (Å²) in [5, 5.41) is 8.57. The van der Waals surface area contributed by atoms with Gasteiger partial charge < -0.3 is 15.0 Å². The maximum atomic E-state index is 13.1. The minimum atomic E-state index is -0.279. The average Bonchev–Trinajstić information content (AvgIpc) is 3.43. The van der Waals surface area contributed by atoms with Crippen LogP contribution in [0.4, 0.5) is 9.52 Å². The van der Waals surface area contributed by atoms with Gasteiger partial charge in [-0.25, -0.2) is 13.9 Å². The van der Waals surface area contributed by atoms with Crippen molar-refractivity contribution >= 4 is 27.3 Å². The summed E-state index contributed by atoms with van der Waals surface area (Å²) in [5.74, 6) is 0.442. The topological polar surface area (TPSA) is 71.8 Å². The van der Waals surface area contributed by atoms with Crippen LogP contribution in [0.15, 0.2) is 54.7 Å². The number of piperidine rings is 1. The van der Waals surface area contributed by atoms with Crippen LogP contribution in [0.3, 0.4) is 0 Å². The van der Waals surface area contributed by atoms with Crippen LogP contribution in [0, 0.1) is 11.7 Å². The minimum absolute atomic E-state index is 0.0205. The molecule has 3 heterocycles. The highest BCUT2D eigenvalue weighted by atomic mass is 32.1. The summed E-state index contributed by atoms with van der Waals surface area (Å²) in [6, 6.07) is 14.0. The number of ether oxygens (including phenoxy) is 1. The van der Waals surface area contributed by atoms with Gasteiger partial charge >= 0.3 is 0 Å². The number of methoxy groups -OCH3 is 1. The maximum Gasteiger partial charge on any atom is 0.225 e. The molecule has 0 aliphatic carbocycles. The van der Waals surface area contributed by atoms with Gasteiger partial charge in [-0.15, -0.1) is 5.10 Å². The Balaban J connectivity index is 1.24. The number of benzene rings is 2. The molecule has 2 aromatic carbocycles. The minimum Gasteiger partial charge on any atom is -0.497 e. The van der Waals surface area contributed by atoms with Gasteiger partial charge in [0, 0.05) is 25.2 Å². The average molecular weight is 466 g/mol. The molecular weight excluding hydrogens is 441 g/mol. The molecule has 0 bridgehead atoms. The largest absolute Gasteiger partial charge is 0.497 e. The molecule has 0 saturated carbocycles. The van der Waals surface area contributed by atoms with E-state index in [1.165, 1.54) is 23.5 Å². The van der Waals surface area contributed by atoms with Gasteiger partial charge in [0.1, 0.15) is 11.6 Å². The number of rotatable bonds is 6. The van der Waals surface area contributed by atoms with Gasteiger partial charge in [0.25, 0.3) is 0 Å². The number of nitrogens with zero attached hydrogens (tertiary/aromatic N) is 4. The lowest BCUT2D eigenvalue weighted by molar-refractivity contribution is -0.125. The molecule has 1 fully saturated rings. The molecule has 0 radical (unpaired) electrons. The number of nitrogens with one attached hydrogen (secondary N) is 1. The number of imidazole rings is 1. The van der Waals surface area contributed by atoms with E-state index in [-0.39, 0.29) is 17.6 Å². The van der Waals surface area contributed by atoms with Crippen molar-refractivity contribution in [2.75, 3.05) is 25.1 Å². The van der Waals surface area contributed by atoms with Gasteiger partial charge in [-0.1, -0.05) is 23.5 Å². The fraction of sp³-hybridized carbons (Fsp3) is 0.292. The Hall–Kier alpha value is -3.46. The fourth-order valence-electron chi connectivity index (χ4n) is 4.02. The van der Waals surface area contributed by atoms with E-state index in [4.69, 9.17) is 14.8 Å². The van der Waals surface area contributed by atoms with Gasteiger partial charge in [0.2, 0.25) is 16.0 Å². The summed E-state index contributed by atoms with van der Waals surface area (Å²) in [6.07, 6.45) is 3.69. The number of carbonyl (C=O) groups excluding carboxylic acids is 1. The molecule has 170 valence electrons. The van der Waals surface area contributed by atoms with Crippen molar-refractivity contribution in [1.82, 2.24) is 19.9 Å². The Bertz CT molecular complexity index is 1220. The van der Waals surface area contributed by atoms with Crippen LogP contribution in [-0.2, 0) is 11.3 Å². The summed E-state index contributed by atoms with van der Waals surface area (Å²) < 4.78 is 20.1. The number of halogens is 1. The van der Waals surface area contributed by atoms with E-state index in [1.807, 2.05) is 30.5 Å². The Kier molecular flexibility index (Phi) is 5.95. The molecule has 1 saturated heterocycles. The first-order valence-corrected chi connectivity index (χ1v) is 11.7. The molecule has 1 aliphatic rings. The summed E-state index contributed by atoms with van der Waals surface area (Å²) in [4.78, 5) is 20.4. The van der Waals surface area contributed by atoms with E-state index < -0.39 is 0 Å². The van der Waals surface area contributed by atoms with Crippen LogP contribution in [0.25, 0.3) is 16.2 Å². The van der Waals surface area contributed by atoms with Crippen molar-refractivity contribution in [3.05, 3.63) is 66.1 Å². The second-order valence-corrected chi connectivity index (χ2v) is 9.03. The van der Waals surface area contributed by atoms with Gasteiger partial charge in [-0.3, -0.25) is 4.79 Å². The third-order valence-electron chi connectivity index (χ3n) is 5.86. The van der Waals surface area contributed by atoms with Crippen LogP contribution in [0.5, 0.6) is 5.75 Å². The van der Waals surface area contributed by atoms with Crippen molar-refractivity contribution in [2.24, 2.45) is 5.92 Å². The molecule has 0 spiro atoms. The molecule has 4 aromatic rings. The zero-order valence-corrected chi connectivity index (χ0v) is 19.0. The summed E-state index contributed by atoms with van der Waals surface area (Å²) in [7, 11) is 1.65. The Labute approximate surface area is 194 Å². The van der Waals surface area contributed by atoms with Gasteiger partial charge in [0.15, 0.2) is 0 Å². The Morgan fingerprint density at radius 3 is 2.73 bits per heavy atom. The SMILES string of the molecule is COc1ccc(-c2cn3nc(N4CCC[C@@H](C(=O)NCc5ccc(F)cc5)C4)sc3n2)cc1. The van der Waals surface area contributed by atoms with Crippen LogP contribution in [0.2, 0.25) is 0 Å². The van der Waals surface area contributed by atoms with Crippen molar-refractivity contribution in [2.45, 2.75) is 19.4 Å². The third-order valence-corrected chi connectivity index (χ3v) is 6.84. The van der Waals surface area contributed by atoms with Crippen molar-refractivity contribution in [3.63, 3.8) is 0 Å². The summed E-state index contributed by atoms with van der Waals surface area (Å²) in [6.45, 7) is 1.88. The highest BCUT2D eigenvalue weighted by Crippen LogP contribution is 2.30. The Morgan fingerprint density at radius 2 is 2.00 bits per heavy atom. The number of aromatic nitrogens is 3. The second kappa shape index (κ2) is 9.19. The number of amides is 1. The normalized spacial score (nSPS) is 16.2. The smallest absolute Gasteiger partial charge is 0.225 e. The van der Waals surface area contributed by atoms with Crippen molar-refractivity contribution in [1.29, 1.82) is 0 Å². The van der Waals surface area contributed by atoms with Crippen LogP contribution in [-0.4, -0.2) is 40.7 Å². The molecule has 1 aliphatic heterocycles. The number of carbonyl (C=O) groups is 1. The van der Waals surface area contributed by atoms with Gasteiger partial charge in [-0.05, 0) is 54.8 Å². The zero-order valence-electron chi connectivity index (χ0n) is 18.2. The second-order valence-electron chi connectivity index (χ2n) is 8.10. The van der Waals surface area contributed by atoms with E-state index in [2.05, 4.69) is 10.2 Å². The number of hydrogen-bond acceptors (Lipinski definition) is 6. The molecule has 7 nitrogen and oxygen atoms in total. The zero-order chi connectivity index (χ0) is 22.8. The molecule has 1 atom stereocenters. The molecule has 33 heavy (non-hydrogen) atoms. The van der Waals surface area contributed by atoms with E-state index in [0.29, 0.717) is 13.1 Å². The molecule has 5 rings (SSSR count). The van der Waals surface area contributed by atoms with Crippen LogP contribution < -0.4 is 15.0 Å². The van der Waals surface area contributed by atoms with Crippen molar-refractivity contribution < 1.29 is 13.9 Å². The lowest BCUT2D eigenvalue weighted by Gasteiger charge is -2.31. The molecule has 1 N–H and O–H groups in total. The maximum absolute atomic E-state index is 13.1. The van der Waals surface area contributed by atoms with Crippen molar-refractivity contribution in [3.8, 4) is 17.0 Å². The summed E-state index contributed by atoms with van der Waals surface area (Å²) >= 11 is 1.53. The quantitative estimate of drug-likeness (QED) is 0.464. The van der Waals surface area contributed by atoms with Crippen LogP contribution in [0.1, 0.15) is 18.4 Å². The molecular formula is C24H24FN5O2S. The van der Waals surface area contributed by atoms with E-state index >= 15 is 0 Å². The molecule has 2 aromatic heterocycles. The summed E-state index contributed by atoms with van der Waals surface area (Å²) in [5.41, 5.74) is 2.75. The fourth-order valence-corrected chi connectivity index (χ4v) is 4.94. The van der Waals surface area contributed by atoms with Crippen LogP contribution >= 0.6 is 11.3 Å². The first-order chi connectivity index (χ1) is 16.1. The predicted octanol–water partition coefficient (Wildman–Crippen LogP) is 4.14. The van der Waals surface area contributed by atoms with E-state index in [1.54, 1.807) is 23.8 Å². The number of hydrogen-bond donors (Lipinski definition) is 1. The predicted molar refractivity (Wildman–Crippen MR) is 126 cm³/mol. The highest BCUT2D eigenvalue weighted by molar-refractivity contribution is 7.20. The Morgan fingerprint density at radius 1 is 1.21 bits per heavy atom. The van der Waals surface area contributed by atoms with Gasteiger partial charge in [-0.2, -0.15) is 0 Å². The first-order valence-electron chi connectivity index (χ1n) is 10.9. The standard InChI is InChI=1S/C24H24FN5O2S/c1-32-20-10-6-17(7-11-20)21-15-30-23(27-21)33-24(28-30)29-12-2-3-18(14-29)22(31)26-13-16-4-8-19(25)9-5-16/h4-11,15,18H,2-3,12-14H2,1H3,(H,26,31)/t18-/m1/s1. The number of anilines is 1. The first kappa shape index (κ1) is 21.4. The van der Waals surface area contributed by atoms with E-state index in [0.717, 1.165) is 52.0 Å². The third kappa shape index (κ3) is 4.68. The highest BCUT2D eigenvalue weighted by Gasteiger charge is 2.27. The lowest BCUT2D eigenvalue weighted by Crippen LogP contribution is -2.43. The monoisotopic (exact) mass is 465 g/mol.